The predicted molar refractivity (Wildman–Crippen MR) is 76.6 cm³/mol. The van der Waals surface area contributed by atoms with Gasteiger partial charge in [-0.25, -0.2) is 8.42 Å². The van der Waals surface area contributed by atoms with Crippen LogP contribution < -0.4 is 0 Å². The number of methoxy groups -OCH3 is 1. The number of halogens is 1. The van der Waals surface area contributed by atoms with Crippen LogP contribution in [0.15, 0.2) is 27.6 Å². The minimum Gasteiger partial charge on any atom is -0.389 e. The van der Waals surface area contributed by atoms with E-state index in [9.17, 15) is 13.5 Å². The van der Waals surface area contributed by atoms with E-state index in [1.165, 1.54) is 14.2 Å². The minimum atomic E-state index is -3.63. The topological polar surface area (TPSA) is 66.8 Å². The summed E-state index contributed by atoms with van der Waals surface area (Å²) in [5, 5.41) is 9.60. The number of aliphatic hydroxyl groups is 1. The number of aryl methyl sites for hydroxylation is 1. The fourth-order valence-electron chi connectivity index (χ4n) is 1.62. The van der Waals surface area contributed by atoms with Crippen molar-refractivity contribution in [3.8, 4) is 0 Å². The Morgan fingerprint density at radius 1 is 1.47 bits per heavy atom. The van der Waals surface area contributed by atoms with Gasteiger partial charge in [0.05, 0.1) is 17.6 Å². The summed E-state index contributed by atoms with van der Waals surface area (Å²) >= 11 is 3.26. The second-order valence-electron chi connectivity index (χ2n) is 4.33. The number of benzene rings is 1. The van der Waals surface area contributed by atoms with Crippen molar-refractivity contribution in [2.45, 2.75) is 17.9 Å². The maximum atomic E-state index is 12.3. The van der Waals surface area contributed by atoms with Gasteiger partial charge in [0.15, 0.2) is 0 Å². The van der Waals surface area contributed by atoms with Gasteiger partial charge in [-0.2, -0.15) is 4.31 Å². The van der Waals surface area contributed by atoms with Crippen LogP contribution in [0.2, 0.25) is 0 Å². The molecular weight excluding hydrogens is 334 g/mol. The van der Waals surface area contributed by atoms with E-state index in [4.69, 9.17) is 4.74 Å². The highest BCUT2D eigenvalue weighted by molar-refractivity contribution is 9.10. The fraction of sp³-hybridized carbons (Fsp3) is 0.500. The molecular formula is C12H18BrNO4S. The van der Waals surface area contributed by atoms with Crippen LogP contribution in [-0.4, -0.2) is 51.2 Å². The maximum Gasteiger partial charge on any atom is 0.244 e. The maximum absolute atomic E-state index is 12.3. The van der Waals surface area contributed by atoms with Gasteiger partial charge in [0.1, 0.15) is 0 Å². The zero-order valence-electron chi connectivity index (χ0n) is 11.1. The molecule has 0 saturated heterocycles. The molecule has 0 aliphatic rings. The lowest BCUT2D eigenvalue weighted by molar-refractivity contribution is 0.0554. The lowest BCUT2D eigenvalue weighted by Gasteiger charge is -2.21. The molecule has 108 valence electrons. The Balaban J connectivity index is 2.97. The number of nitrogens with zero attached hydrogens (tertiary/aromatic N) is 1. The van der Waals surface area contributed by atoms with Crippen molar-refractivity contribution in [1.29, 1.82) is 0 Å². The normalized spacial score (nSPS) is 13.8. The summed E-state index contributed by atoms with van der Waals surface area (Å²) in [5.41, 5.74) is 0.966. The summed E-state index contributed by atoms with van der Waals surface area (Å²) in [6, 6.07) is 5.03. The van der Waals surface area contributed by atoms with Crippen molar-refractivity contribution in [3.05, 3.63) is 28.2 Å². The third kappa shape index (κ3) is 4.25. The molecule has 1 aromatic carbocycles. The molecule has 0 radical (unpaired) electrons. The molecule has 0 aliphatic carbocycles. The zero-order valence-corrected chi connectivity index (χ0v) is 13.5. The molecule has 0 saturated carbocycles. The monoisotopic (exact) mass is 351 g/mol. The molecule has 0 spiro atoms. The van der Waals surface area contributed by atoms with Gasteiger partial charge in [-0.05, 0) is 40.5 Å². The number of rotatable bonds is 6. The number of sulfonamides is 1. The molecule has 1 N–H and O–H groups in total. The molecule has 0 amide bonds. The molecule has 0 aromatic heterocycles. The Kier molecular flexibility index (Phi) is 5.94. The molecule has 7 heteroatoms. The van der Waals surface area contributed by atoms with Crippen LogP contribution in [0.4, 0.5) is 0 Å². The van der Waals surface area contributed by atoms with Crippen molar-refractivity contribution in [2.75, 3.05) is 27.3 Å². The Hall–Kier alpha value is -0.470. The van der Waals surface area contributed by atoms with E-state index in [1.807, 2.05) is 6.92 Å². The number of hydrogen-bond acceptors (Lipinski definition) is 4. The van der Waals surface area contributed by atoms with Crippen molar-refractivity contribution < 1.29 is 18.3 Å². The van der Waals surface area contributed by atoms with E-state index in [1.54, 1.807) is 18.2 Å². The largest absolute Gasteiger partial charge is 0.389 e. The summed E-state index contributed by atoms with van der Waals surface area (Å²) in [5.74, 6) is 0. The summed E-state index contributed by atoms with van der Waals surface area (Å²) in [6.07, 6.45) is -0.853. The molecule has 1 atom stereocenters. The Morgan fingerprint density at radius 3 is 2.63 bits per heavy atom. The van der Waals surface area contributed by atoms with E-state index in [2.05, 4.69) is 15.9 Å². The molecule has 0 bridgehead atoms. The second kappa shape index (κ2) is 6.81. The summed E-state index contributed by atoms with van der Waals surface area (Å²) in [4.78, 5) is 0.185. The van der Waals surface area contributed by atoms with Gasteiger partial charge in [-0.1, -0.05) is 6.07 Å². The number of hydrogen-bond donors (Lipinski definition) is 1. The average Bonchev–Trinajstić information content (AvgIpc) is 2.28. The first kappa shape index (κ1) is 16.6. The van der Waals surface area contributed by atoms with Crippen LogP contribution in [-0.2, 0) is 14.8 Å². The third-order valence-corrected chi connectivity index (χ3v) is 5.40. The van der Waals surface area contributed by atoms with Gasteiger partial charge in [0, 0.05) is 25.2 Å². The van der Waals surface area contributed by atoms with E-state index >= 15 is 0 Å². The highest BCUT2D eigenvalue weighted by Crippen LogP contribution is 2.25. The first-order chi connectivity index (χ1) is 8.78. The first-order valence-corrected chi connectivity index (χ1v) is 7.92. The standard InChI is InChI=1S/C12H18BrNO4S/c1-9-4-5-12(11(13)6-9)19(16,17)14(2)7-10(15)8-18-3/h4-6,10,15H,7-8H2,1-3H3. The van der Waals surface area contributed by atoms with Crippen molar-refractivity contribution in [1.82, 2.24) is 4.31 Å². The number of likely N-dealkylation sites (N-methyl/N-ethyl adjacent to an activating group) is 1. The van der Waals surface area contributed by atoms with E-state index in [0.29, 0.717) is 4.47 Å². The molecule has 19 heavy (non-hydrogen) atoms. The van der Waals surface area contributed by atoms with Crippen molar-refractivity contribution in [2.24, 2.45) is 0 Å². The molecule has 1 aromatic rings. The van der Waals surface area contributed by atoms with E-state index < -0.39 is 16.1 Å². The number of aliphatic hydroxyl groups excluding tert-OH is 1. The van der Waals surface area contributed by atoms with Crippen molar-refractivity contribution in [3.63, 3.8) is 0 Å². The second-order valence-corrected chi connectivity index (χ2v) is 7.20. The Bertz CT molecular complexity index is 533. The minimum absolute atomic E-state index is 0.0174. The lowest BCUT2D eigenvalue weighted by atomic mass is 10.2. The highest BCUT2D eigenvalue weighted by atomic mass is 79.9. The number of ether oxygens (including phenoxy) is 1. The van der Waals surface area contributed by atoms with Crippen molar-refractivity contribution >= 4 is 26.0 Å². The van der Waals surface area contributed by atoms with Gasteiger partial charge in [-0.15, -0.1) is 0 Å². The Labute approximate surface area is 122 Å². The molecule has 1 unspecified atom stereocenters. The van der Waals surface area contributed by atoms with E-state index in [-0.39, 0.29) is 18.0 Å². The van der Waals surface area contributed by atoms with Gasteiger partial charge >= 0.3 is 0 Å². The Morgan fingerprint density at radius 2 is 2.11 bits per heavy atom. The van der Waals surface area contributed by atoms with Gasteiger partial charge in [-0.3, -0.25) is 0 Å². The quantitative estimate of drug-likeness (QED) is 0.840. The average molecular weight is 352 g/mol. The fourth-order valence-corrected chi connectivity index (χ4v) is 3.98. The van der Waals surface area contributed by atoms with Crippen LogP contribution in [0, 0.1) is 6.92 Å². The SMILES string of the molecule is COCC(O)CN(C)S(=O)(=O)c1ccc(C)cc1Br. The highest BCUT2D eigenvalue weighted by Gasteiger charge is 2.25. The van der Waals surface area contributed by atoms with Crippen LogP contribution in [0.25, 0.3) is 0 Å². The lowest BCUT2D eigenvalue weighted by Crippen LogP contribution is -2.36. The first-order valence-electron chi connectivity index (χ1n) is 5.68. The van der Waals surface area contributed by atoms with Crippen LogP contribution in [0.3, 0.4) is 0 Å². The third-order valence-electron chi connectivity index (χ3n) is 2.60. The molecule has 5 nitrogen and oxygen atoms in total. The molecule has 0 heterocycles. The van der Waals surface area contributed by atoms with E-state index in [0.717, 1.165) is 9.87 Å². The van der Waals surface area contributed by atoms with Crippen LogP contribution >= 0.6 is 15.9 Å². The van der Waals surface area contributed by atoms with Crippen LogP contribution in [0.5, 0.6) is 0 Å². The molecule has 0 aliphatic heterocycles. The molecule has 0 fully saturated rings. The zero-order chi connectivity index (χ0) is 14.6. The predicted octanol–water partition coefficient (Wildman–Crippen LogP) is 1.39. The summed E-state index contributed by atoms with van der Waals surface area (Å²) in [7, 11) is -0.745. The van der Waals surface area contributed by atoms with Gasteiger partial charge in [0.25, 0.3) is 0 Å². The summed E-state index contributed by atoms with van der Waals surface area (Å²) in [6.45, 7) is 1.96. The smallest absolute Gasteiger partial charge is 0.244 e. The molecule has 1 rings (SSSR count). The summed E-state index contributed by atoms with van der Waals surface area (Å²) < 4.78 is 31.1. The van der Waals surface area contributed by atoms with Gasteiger partial charge < -0.3 is 9.84 Å². The van der Waals surface area contributed by atoms with Gasteiger partial charge in [0.2, 0.25) is 10.0 Å². The van der Waals surface area contributed by atoms with Crippen LogP contribution in [0.1, 0.15) is 5.56 Å².